The zero-order valence-corrected chi connectivity index (χ0v) is 11.0. The van der Waals surface area contributed by atoms with E-state index in [2.05, 4.69) is 12.2 Å². The smallest absolute Gasteiger partial charge is 0.248 e. The van der Waals surface area contributed by atoms with Crippen molar-refractivity contribution in [3.63, 3.8) is 0 Å². The van der Waals surface area contributed by atoms with Crippen molar-refractivity contribution in [2.45, 2.75) is 63.8 Å². The van der Waals surface area contributed by atoms with Gasteiger partial charge in [0.15, 0.2) is 0 Å². The van der Waals surface area contributed by atoms with E-state index in [0.29, 0.717) is 18.4 Å². The van der Waals surface area contributed by atoms with Crippen LogP contribution in [-0.4, -0.2) is 19.0 Å². The highest BCUT2D eigenvalue weighted by Crippen LogP contribution is 2.44. The number of hydrogen-bond donors (Lipinski definition) is 1. The number of nitrogens with one attached hydrogen (secondary N) is 1. The second-order valence-corrected chi connectivity index (χ2v) is 6.21. The van der Waals surface area contributed by atoms with Crippen LogP contribution >= 0.6 is 0 Å². The molecule has 0 aliphatic heterocycles. The molecule has 2 aliphatic rings. The lowest BCUT2D eigenvalue weighted by Crippen LogP contribution is -2.41. The van der Waals surface area contributed by atoms with E-state index >= 15 is 0 Å². The van der Waals surface area contributed by atoms with Gasteiger partial charge in [-0.25, -0.2) is 8.78 Å². The van der Waals surface area contributed by atoms with E-state index in [4.69, 9.17) is 0 Å². The Labute approximate surface area is 103 Å². The number of halogens is 2. The van der Waals surface area contributed by atoms with Crippen LogP contribution in [0.4, 0.5) is 8.78 Å². The molecular weight excluding hydrogens is 220 g/mol. The fraction of sp³-hybridized carbons (Fsp3) is 1.00. The Morgan fingerprint density at radius 1 is 1.18 bits per heavy atom. The molecule has 0 heterocycles. The zero-order chi connectivity index (χ0) is 12.5. The predicted octanol–water partition coefficient (Wildman–Crippen LogP) is 3.84. The molecule has 3 heteroatoms. The molecule has 4 unspecified atom stereocenters. The van der Waals surface area contributed by atoms with E-state index in [9.17, 15) is 8.78 Å². The van der Waals surface area contributed by atoms with Gasteiger partial charge in [-0.15, -0.1) is 0 Å². The minimum absolute atomic E-state index is 0.0954. The summed E-state index contributed by atoms with van der Waals surface area (Å²) in [7, 11) is 1.94. The lowest BCUT2D eigenvalue weighted by molar-refractivity contribution is 0.00148. The van der Waals surface area contributed by atoms with E-state index in [0.717, 1.165) is 5.92 Å². The van der Waals surface area contributed by atoms with Crippen molar-refractivity contribution < 1.29 is 8.78 Å². The van der Waals surface area contributed by atoms with Gasteiger partial charge in [-0.2, -0.15) is 0 Å². The third-order valence-corrected chi connectivity index (χ3v) is 4.77. The second kappa shape index (κ2) is 5.21. The molecule has 0 radical (unpaired) electrons. The summed E-state index contributed by atoms with van der Waals surface area (Å²) < 4.78 is 26.6. The van der Waals surface area contributed by atoms with Gasteiger partial charge in [-0.3, -0.25) is 0 Å². The molecule has 2 saturated carbocycles. The van der Waals surface area contributed by atoms with Gasteiger partial charge in [0.2, 0.25) is 5.92 Å². The van der Waals surface area contributed by atoms with Gasteiger partial charge in [-0.05, 0) is 44.1 Å². The molecule has 4 atom stereocenters. The summed E-state index contributed by atoms with van der Waals surface area (Å²) in [5.74, 6) is -0.834. The van der Waals surface area contributed by atoms with Gasteiger partial charge in [0.25, 0.3) is 0 Å². The highest BCUT2D eigenvalue weighted by atomic mass is 19.3. The lowest BCUT2D eigenvalue weighted by Gasteiger charge is -2.36. The highest BCUT2D eigenvalue weighted by Gasteiger charge is 2.44. The molecular formula is C14H25F2N. The Balaban J connectivity index is 1.96. The molecule has 2 rings (SSSR count). The fourth-order valence-electron chi connectivity index (χ4n) is 3.95. The Morgan fingerprint density at radius 2 is 1.94 bits per heavy atom. The quantitative estimate of drug-likeness (QED) is 0.796. The van der Waals surface area contributed by atoms with Crippen LogP contribution in [0.3, 0.4) is 0 Å². The molecule has 0 spiro atoms. The average molecular weight is 245 g/mol. The van der Waals surface area contributed by atoms with Crippen molar-refractivity contribution in [2.75, 3.05) is 7.05 Å². The van der Waals surface area contributed by atoms with Gasteiger partial charge in [0, 0.05) is 18.9 Å². The van der Waals surface area contributed by atoms with Crippen LogP contribution in [0.5, 0.6) is 0 Å². The molecule has 0 saturated heterocycles. The molecule has 2 fully saturated rings. The first kappa shape index (κ1) is 13.3. The maximum absolute atomic E-state index is 13.3. The van der Waals surface area contributed by atoms with Crippen molar-refractivity contribution >= 4 is 0 Å². The summed E-state index contributed by atoms with van der Waals surface area (Å²) in [5, 5.41) is 3.34. The SMILES string of the molecule is CNC(C1CCCC(C)C1)C1CCC(F)(F)C1. The van der Waals surface area contributed by atoms with Crippen molar-refractivity contribution in [2.24, 2.45) is 17.8 Å². The molecule has 0 aromatic rings. The summed E-state index contributed by atoms with van der Waals surface area (Å²) in [6.45, 7) is 2.29. The van der Waals surface area contributed by atoms with Crippen LogP contribution in [0.15, 0.2) is 0 Å². The third kappa shape index (κ3) is 3.18. The molecule has 0 bridgehead atoms. The minimum atomic E-state index is -2.40. The summed E-state index contributed by atoms with van der Waals surface area (Å²) >= 11 is 0. The monoisotopic (exact) mass is 245 g/mol. The predicted molar refractivity (Wildman–Crippen MR) is 66.3 cm³/mol. The largest absolute Gasteiger partial charge is 0.316 e. The maximum Gasteiger partial charge on any atom is 0.248 e. The average Bonchev–Trinajstić information content (AvgIpc) is 2.60. The molecule has 17 heavy (non-hydrogen) atoms. The minimum Gasteiger partial charge on any atom is -0.316 e. The molecule has 0 amide bonds. The molecule has 1 nitrogen and oxygen atoms in total. The molecule has 2 aliphatic carbocycles. The summed E-state index contributed by atoms with van der Waals surface area (Å²) in [6.07, 6.45) is 5.91. The first-order valence-corrected chi connectivity index (χ1v) is 7.07. The van der Waals surface area contributed by atoms with Crippen molar-refractivity contribution in [3.05, 3.63) is 0 Å². The van der Waals surface area contributed by atoms with Crippen LogP contribution in [0, 0.1) is 17.8 Å². The normalized spacial score (nSPS) is 39.2. The van der Waals surface area contributed by atoms with Gasteiger partial charge in [-0.1, -0.05) is 19.8 Å². The Bertz CT molecular complexity index is 253. The van der Waals surface area contributed by atoms with Crippen molar-refractivity contribution in [1.82, 2.24) is 5.32 Å². The van der Waals surface area contributed by atoms with Crippen LogP contribution in [0.2, 0.25) is 0 Å². The number of rotatable bonds is 3. The van der Waals surface area contributed by atoms with Gasteiger partial charge < -0.3 is 5.32 Å². The Morgan fingerprint density at radius 3 is 2.47 bits per heavy atom. The lowest BCUT2D eigenvalue weighted by atomic mass is 9.74. The Kier molecular flexibility index (Phi) is 4.06. The molecule has 0 aromatic carbocycles. The van der Waals surface area contributed by atoms with Crippen LogP contribution in [0.1, 0.15) is 51.9 Å². The van der Waals surface area contributed by atoms with Crippen LogP contribution in [-0.2, 0) is 0 Å². The Hall–Kier alpha value is -0.180. The molecule has 1 N–H and O–H groups in total. The topological polar surface area (TPSA) is 12.0 Å². The van der Waals surface area contributed by atoms with E-state index in [-0.39, 0.29) is 18.8 Å². The number of hydrogen-bond acceptors (Lipinski definition) is 1. The first-order chi connectivity index (χ1) is 8.02. The highest BCUT2D eigenvalue weighted by molar-refractivity contribution is 4.92. The summed E-state index contributed by atoms with van der Waals surface area (Å²) in [4.78, 5) is 0. The van der Waals surface area contributed by atoms with Crippen LogP contribution in [0.25, 0.3) is 0 Å². The first-order valence-electron chi connectivity index (χ1n) is 7.07. The second-order valence-electron chi connectivity index (χ2n) is 6.21. The van der Waals surface area contributed by atoms with E-state index in [1.54, 1.807) is 0 Å². The number of alkyl halides is 2. The van der Waals surface area contributed by atoms with E-state index in [1.165, 1.54) is 25.7 Å². The molecule has 0 aromatic heterocycles. The van der Waals surface area contributed by atoms with Gasteiger partial charge >= 0.3 is 0 Å². The van der Waals surface area contributed by atoms with Gasteiger partial charge in [0.1, 0.15) is 0 Å². The van der Waals surface area contributed by atoms with E-state index in [1.807, 2.05) is 7.05 Å². The van der Waals surface area contributed by atoms with E-state index < -0.39 is 5.92 Å². The maximum atomic E-state index is 13.3. The van der Waals surface area contributed by atoms with Crippen molar-refractivity contribution in [3.8, 4) is 0 Å². The standard InChI is InChI=1S/C14H25F2N/c1-10-4-3-5-11(8-10)13(17-2)12-6-7-14(15,16)9-12/h10-13,17H,3-9H2,1-2H3. The summed E-state index contributed by atoms with van der Waals surface area (Å²) in [6, 6.07) is 0.311. The third-order valence-electron chi connectivity index (χ3n) is 4.77. The van der Waals surface area contributed by atoms with Gasteiger partial charge in [0.05, 0.1) is 0 Å². The molecule has 100 valence electrons. The summed E-state index contributed by atoms with van der Waals surface area (Å²) in [5.41, 5.74) is 0. The zero-order valence-electron chi connectivity index (χ0n) is 11.0. The van der Waals surface area contributed by atoms with Crippen molar-refractivity contribution in [1.29, 1.82) is 0 Å². The van der Waals surface area contributed by atoms with Crippen LogP contribution < -0.4 is 5.32 Å². The fourth-order valence-corrected chi connectivity index (χ4v) is 3.95.